The minimum Gasteiger partial charge on any atom is -0.321 e. The van der Waals surface area contributed by atoms with Crippen LogP contribution < -0.4 is 10.5 Å². The molecule has 1 aromatic carbocycles. The fourth-order valence-corrected chi connectivity index (χ4v) is 3.92. The van der Waals surface area contributed by atoms with Gasteiger partial charge in [0.05, 0.1) is 5.69 Å². The van der Waals surface area contributed by atoms with Crippen molar-refractivity contribution in [2.75, 3.05) is 5.32 Å². The van der Waals surface area contributed by atoms with Crippen molar-refractivity contribution in [1.29, 1.82) is 0 Å². The number of nitrogens with one attached hydrogen (secondary N) is 1. The summed E-state index contributed by atoms with van der Waals surface area (Å²) >= 11 is 0.922. The lowest BCUT2D eigenvalue weighted by Crippen LogP contribution is -2.24. The second kappa shape index (κ2) is 7.94. The average molecular weight is 434 g/mol. The number of carbonyl (C=O) groups is 1. The highest BCUT2D eigenvalue weighted by Crippen LogP contribution is 2.41. The van der Waals surface area contributed by atoms with Crippen LogP contribution in [-0.4, -0.2) is 21.6 Å². The van der Waals surface area contributed by atoms with Crippen LogP contribution in [0.15, 0.2) is 29.2 Å². The highest BCUT2D eigenvalue weighted by atomic mass is 32.2. The summed E-state index contributed by atoms with van der Waals surface area (Å²) in [5.74, 6) is -4.42. The lowest BCUT2D eigenvalue weighted by atomic mass is 10.1. The lowest BCUT2D eigenvalue weighted by Gasteiger charge is -2.15. The standard InChI is InChI=1S/C18H19F5N4OS/c1-10-14(18(21,22)23)15(16(28)25-12-3-2-4-13(7-12)29-24)27(26-10)9-11-5-6-17(19,20)8-11/h2-4,7,11H,5-6,8-9,24H2,1H3,(H,25,28). The Hall–Kier alpha value is -2.14. The molecule has 0 bridgehead atoms. The predicted molar refractivity (Wildman–Crippen MR) is 98.7 cm³/mol. The van der Waals surface area contributed by atoms with E-state index in [9.17, 15) is 26.7 Å². The van der Waals surface area contributed by atoms with Gasteiger partial charge in [-0.2, -0.15) is 18.3 Å². The number of benzene rings is 1. The molecule has 1 aliphatic carbocycles. The first kappa shape index (κ1) is 21.6. The van der Waals surface area contributed by atoms with Crippen molar-refractivity contribution in [3.8, 4) is 0 Å². The van der Waals surface area contributed by atoms with E-state index in [4.69, 9.17) is 5.14 Å². The molecule has 3 rings (SSSR count). The minimum absolute atomic E-state index is 0.157. The Morgan fingerprint density at radius 1 is 1.41 bits per heavy atom. The Morgan fingerprint density at radius 2 is 2.14 bits per heavy atom. The summed E-state index contributed by atoms with van der Waals surface area (Å²) < 4.78 is 68.7. The summed E-state index contributed by atoms with van der Waals surface area (Å²) in [4.78, 5) is 13.4. The van der Waals surface area contributed by atoms with Gasteiger partial charge in [0.1, 0.15) is 11.3 Å². The molecular formula is C18H19F5N4OS. The molecule has 1 aliphatic rings. The molecule has 11 heteroatoms. The van der Waals surface area contributed by atoms with E-state index in [-0.39, 0.29) is 30.8 Å². The monoisotopic (exact) mass is 434 g/mol. The van der Waals surface area contributed by atoms with Crippen molar-refractivity contribution in [2.45, 2.75) is 49.7 Å². The van der Waals surface area contributed by atoms with Gasteiger partial charge in [-0.15, -0.1) is 0 Å². The molecule has 3 N–H and O–H groups in total. The van der Waals surface area contributed by atoms with Gasteiger partial charge in [-0.25, -0.2) is 8.78 Å². The van der Waals surface area contributed by atoms with Crippen LogP contribution in [0, 0.1) is 12.8 Å². The number of halogens is 5. The summed E-state index contributed by atoms with van der Waals surface area (Å²) in [7, 11) is 0. The molecule has 1 fully saturated rings. The summed E-state index contributed by atoms with van der Waals surface area (Å²) in [6, 6.07) is 6.30. The van der Waals surface area contributed by atoms with E-state index < -0.39 is 41.6 Å². The van der Waals surface area contributed by atoms with Gasteiger partial charge in [-0.3, -0.25) is 14.6 Å². The normalized spacial score (nSPS) is 18.8. The minimum atomic E-state index is -4.82. The van der Waals surface area contributed by atoms with Crippen LogP contribution in [0.2, 0.25) is 0 Å². The first-order valence-electron chi connectivity index (χ1n) is 8.81. The van der Waals surface area contributed by atoms with Gasteiger partial charge in [0.25, 0.3) is 5.91 Å². The number of amides is 1. The number of hydrogen-bond donors (Lipinski definition) is 2. The van der Waals surface area contributed by atoms with E-state index in [1.807, 2.05) is 0 Å². The summed E-state index contributed by atoms with van der Waals surface area (Å²) in [6.45, 7) is 0.957. The fraction of sp³-hybridized carbons (Fsp3) is 0.444. The number of alkyl halides is 5. The van der Waals surface area contributed by atoms with Gasteiger partial charge in [0.15, 0.2) is 0 Å². The molecular weight excluding hydrogens is 415 g/mol. The SMILES string of the molecule is Cc1nn(CC2CCC(F)(F)C2)c(C(=O)Nc2cccc(SN)c2)c1C(F)(F)F. The van der Waals surface area contributed by atoms with Crippen molar-refractivity contribution in [3.63, 3.8) is 0 Å². The molecule has 29 heavy (non-hydrogen) atoms. The van der Waals surface area contributed by atoms with E-state index in [0.717, 1.165) is 23.6 Å². The van der Waals surface area contributed by atoms with Crippen LogP contribution in [0.3, 0.4) is 0 Å². The quantitative estimate of drug-likeness (QED) is 0.521. The van der Waals surface area contributed by atoms with E-state index in [1.165, 1.54) is 12.1 Å². The van der Waals surface area contributed by atoms with E-state index >= 15 is 0 Å². The third kappa shape index (κ3) is 4.89. The molecule has 0 radical (unpaired) electrons. The number of nitrogens with two attached hydrogens (primary N) is 1. The molecule has 2 aromatic rings. The topological polar surface area (TPSA) is 72.9 Å². The zero-order valence-electron chi connectivity index (χ0n) is 15.4. The largest absolute Gasteiger partial charge is 0.420 e. The fourth-order valence-electron chi connectivity index (χ4n) is 3.56. The van der Waals surface area contributed by atoms with Gasteiger partial charge in [0.2, 0.25) is 5.92 Å². The number of anilines is 1. The average Bonchev–Trinajstić information content (AvgIpc) is 3.13. The Bertz CT molecular complexity index is 912. The molecule has 0 saturated heterocycles. The maximum Gasteiger partial charge on any atom is 0.420 e. The van der Waals surface area contributed by atoms with Crippen LogP contribution in [0.25, 0.3) is 0 Å². The smallest absolute Gasteiger partial charge is 0.321 e. The highest BCUT2D eigenvalue weighted by Gasteiger charge is 2.43. The second-order valence-corrected chi connectivity index (χ2v) is 7.76. The summed E-state index contributed by atoms with van der Waals surface area (Å²) in [5.41, 5.74) is -1.96. The van der Waals surface area contributed by atoms with E-state index in [1.54, 1.807) is 12.1 Å². The molecule has 158 valence electrons. The van der Waals surface area contributed by atoms with Crippen molar-refractivity contribution in [3.05, 3.63) is 41.2 Å². The Kier molecular flexibility index (Phi) is 5.91. The molecule has 0 aliphatic heterocycles. The second-order valence-electron chi connectivity index (χ2n) is 7.05. The van der Waals surface area contributed by atoms with E-state index in [0.29, 0.717) is 4.90 Å². The van der Waals surface area contributed by atoms with Gasteiger partial charge >= 0.3 is 6.18 Å². The Balaban J connectivity index is 1.94. The van der Waals surface area contributed by atoms with Crippen LogP contribution in [0.4, 0.5) is 27.6 Å². The van der Waals surface area contributed by atoms with Gasteiger partial charge < -0.3 is 5.32 Å². The number of hydrogen-bond acceptors (Lipinski definition) is 4. The van der Waals surface area contributed by atoms with Crippen LogP contribution in [0.5, 0.6) is 0 Å². The van der Waals surface area contributed by atoms with Gasteiger partial charge in [0, 0.05) is 30.0 Å². The van der Waals surface area contributed by atoms with Crippen molar-refractivity contribution in [1.82, 2.24) is 9.78 Å². The molecule has 5 nitrogen and oxygen atoms in total. The van der Waals surface area contributed by atoms with Crippen LogP contribution >= 0.6 is 11.9 Å². The van der Waals surface area contributed by atoms with E-state index in [2.05, 4.69) is 10.4 Å². The lowest BCUT2D eigenvalue weighted by molar-refractivity contribution is -0.138. The molecule has 1 heterocycles. The van der Waals surface area contributed by atoms with Crippen molar-refractivity contribution >= 4 is 23.5 Å². The summed E-state index contributed by atoms with van der Waals surface area (Å²) in [6.07, 6.45) is -5.42. The van der Waals surface area contributed by atoms with Crippen LogP contribution in [-0.2, 0) is 12.7 Å². The first-order chi connectivity index (χ1) is 13.5. The third-order valence-electron chi connectivity index (χ3n) is 4.79. The Labute approximate surface area is 168 Å². The zero-order chi connectivity index (χ0) is 21.4. The van der Waals surface area contributed by atoms with Gasteiger partial charge in [-0.05, 0) is 49.4 Å². The molecule has 1 amide bonds. The third-order valence-corrected chi connectivity index (χ3v) is 5.32. The Morgan fingerprint density at radius 3 is 2.72 bits per heavy atom. The molecule has 1 atom stereocenters. The molecule has 1 saturated carbocycles. The van der Waals surface area contributed by atoms with Crippen molar-refractivity contribution < 1.29 is 26.7 Å². The number of aromatic nitrogens is 2. The van der Waals surface area contributed by atoms with Crippen LogP contribution in [0.1, 0.15) is 41.0 Å². The number of aryl methyl sites for hydroxylation is 1. The summed E-state index contributed by atoms with van der Waals surface area (Å²) in [5, 5.41) is 11.7. The van der Waals surface area contributed by atoms with Gasteiger partial charge in [-0.1, -0.05) is 6.07 Å². The number of rotatable bonds is 5. The molecule has 0 spiro atoms. The maximum absolute atomic E-state index is 13.6. The maximum atomic E-state index is 13.6. The van der Waals surface area contributed by atoms with Crippen molar-refractivity contribution in [2.24, 2.45) is 11.1 Å². The molecule has 1 unspecified atom stereocenters. The number of nitrogens with zero attached hydrogens (tertiary/aromatic N) is 2. The zero-order valence-corrected chi connectivity index (χ0v) is 16.2. The highest BCUT2D eigenvalue weighted by molar-refractivity contribution is 7.97. The predicted octanol–water partition coefficient (Wildman–Crippen LogP) is 4.86. The number of carbonyl (C=O) groups excluding carboxylic acids is 1. The molecule has 1 aromatic heterocycles. The first-order valence-corrected chi connectivity index (χ1v) is 9.69.